The van der Waals surface area contributed by atoms with E-state index in [0.29, 0.717) is 0 Å². The molecule has 0 heterocycles. The molecule has 0 saturated carbocycles. The molecule has 0 fully saturated rings. The van der Waals surface area contributed by atoms with Crippen LogP contribution in [-0.4, -0.2) is 54.7 Å². The third-order valence-electron chi connectivity index (χ3n) is 2.33. The van der Waals surface area contributed by atoms with E-state index in [0.717, 1.165) is 25.9 Å². The number of hydrogen-bond acceptors (Lipinski definition) is 2. The topological polar surface area (TPSA) is 63.4 Å². The molecule has 4 nitrogen and oxygen atoms in total. The van der Waals surface area contributed by atoms with E-state index in [1.54, 1.807) is 0 Å². The van der Waals surface area contributed by atoms with E-state index in [2.05, 4.69) is 44.8 Å². The second-order valence-electron chi connectivity index (χ2n) is 4.02. The summed E-state index contributed by atoms with van der Waals surface area (Å²) in [6.45, 7) is 6.09. The standard InChI is InChI=1S/C11H23NOS.CH3NOS.Bi/c1-3-5-7-9-12(11(13)14)10-8-6-4-2;2-1(3)4;/h3-10H2,1-2H3,(H,13,14);(H3,2,3,4);. The summed E-state index contributed by atoms with van der Waals surface area (Å²) in [5.41, 5.74) is 4.34. The molecule has 7 heteroatoms. The Bertz CT molecular complexity index is 218. The van der Waals surface area contributed by atoms with Gasteiger partial charge in [-0.1, -0.05) is 64.8 Å². The number of unbranched alkanes of at least 4 members (excludes halogenated alkanes) is 4. The Hall–Kier alpha value is 0.523. The zero-order valence-corrected chi connectivity index (χ0v) is 17.1. The quantitative estimate of drug-likeness (QED) is 0.270. The third kappa shape index (κ3) is 24.0. The van der Waals surface area contributed by atoms with E-state index < -0.39 is 5.24 Å². The molecule has 0 saturated heterocycles. The van der Waals surface area contributed by atoms with E-state index in [1.807, 2.05) is 4.90 Å². The zero-order valence-electron chi connectivity index (χ0n) is 11.8. The minimum Gasteiger partial charge on any atom is -0.361 e. The Morgan fingerprint density at radius 1 is 0.947 bits per heavy atom. The fourth-order valence-electron chi connectivity index (χ4n) is 1.41. The van der Waals surface area contributed by atoms with Crippen LogP contribution in [0.1, 0.15) is 52.4 Å². The molecule has 0 aliphatic carbocycles. The van der Waals surface area contributed by atoms with Crippen molar-refractivity contribution in [1.29, 1.82) is 0 Å². The maximum absolute atomic E-state index is 11.1. The molecule has 0 unspecified atom stereocenters. The molecule has 0 aromatic heterocycles. The van der Waals surface area contributed by atoms with Crippen molar-refractivity contribution in [1.82, 2.24) is 4.90 Å². The average molecular weight is 503 g/mol. The summed E-state index contributed by atoms with van der Waals surface area (Å²) in [6, 6.07) is 0. The van der Waals surface area contributed by atoms with Gasteiger partial charge in [0.1, 0.15) is 0 Å². The summed E-state index contributed by atoms with van der Waals surface area (Å²) >= 11 is 6.99. The van der Waals surface area contributed by atoms with Crippen molar-refractivity contribution in [2.45, 2.75) is 52.4 Å². The van der Waals surface area contributed by atoms with Crippen molar-refractivity contribution < 1.29 is 9.59 Å². The molecule has 0 aliphatic heterocycles. The first-order valence-corrected chi connectivity index (χ1v) is 7.31. The van der Waals surface area contributed by atoms with Crippen LogP contribution in [0.15, 0.2) is 0 Å². The molecule has 2 amide bonds. The van der Waals surface area contributed by atoms with Crippen LogP contribution in [-0.2, 0) is 0 Å². The molecule has 19 heavy (non-hydrogen) atoms. The summed E-state index contributed by atoms with van der Waals surface area (Å²) in [6.07, 6.45) is 7.01. The molecule has 0 spiro atoms. The normalized spacial score (nSPS) is 8.84. The third-order valence-corrected chi connectivity index (χ3v) is 2.62. The number of primary amides is 1. The van der Waals surface area contributed by atoms with Crippen molar-refractivity contribution in [3.63, 3.8) is 0 Å². The van der Waals surface area contributed by atoms with Gasteiger partial charge in [0.15, 0.2) is 0 Å². The van der Waals surface area contributed by atoms with Gasteiger partial charge in [-0.05, 0) is 12.8 Å². The largest absolute Gasteiger partial charge is 0.361 e. The minimum absolute atomic E-state index is 0. The Labute approximate surface area is 147 Å². The maximum Gasteiger partial charge on any atom is 0.278 e. The molecular formula is C12H26BiN2O2S2. The van der Waals surface area contributed by atoms with Gasteiger partial charge >= 0.3 is 0 Å². The average Bonchev–Trinajstić information content (AvgIpc) is 2.26. The fraction of sp³-hybridized carbons (Fsp3) is 0.833. The SMILES string of the molecule is CCCCCN(CCCCC)C(=O)S.NC(=O)S.[Bi]. The van der Waals surface area contributed by atoms with Gasteiger partial charge in [-0.25, -0.2) is 0 Å². The monoisotopic (exact) mass is 503 g/mol. The smallest absolute Gasteiger partial charge is 0.278 e. The van der Waals surface area contributed by atoms with Gasteiger partial charge in [0.2, 0.25) is 0 Å². The summed E-state index contributed by atoms with van der Waals surface area (Å²) in [7, 11) is 0. The summed E-state index contributed by atoms with van der Waals surface area (Å²) in [4.78, 5) is 22.1. The van der Waals surface area contributed by atoms with Crippen LogP contribution in [0.25, 0.3) is 0 Å². The summed E-state index contributed by atoms with van der Waals surface area (Å²) in [5.74, 6) is 0. The first kappa shape index (κ1) is 24.5. The number of rotatable bonds is 8. The fourth-order valence-corrected chi connectivity index (χ4v) is 1.61. The zero-order chi connectivity index (χ0) is 14.4. The number of carbonyl (C=O) groups is 2. The molecule has 2 N–H and O–H groups in total. The molecule has 0 atom stereocenters. The predicted octanol–water partition coefficient (Wildman–Crippen LogP) is 3.33. The molecule has 113 valence electrons. The Morgan fingerprint density at radius 2 is 1.26 bits per heavy atom. The van der Waals surface area contributed by atoms with Crippen molar-refractivity contribution in [2.75, 3.05) is 13.1 Å². The number of carbonyl (C=O) groups excluding carboxylic acids is 2. The van der Waals surface area contributed by atoms with Gasteiger partial charge in [-0.3, -0.25) is 9.59 Å². The molecule has 0 aromatic rings. The van der Waals surface area contributed by atoms with Gasteiger partial charge in [0.25, 0.3) is 10.5 Å². The molecular weight excluding hydrogens is 477 g/mol. The Morgan fingerprint density at radius 3 is 1.47 bits per heavy atom. The van der Waals surface area contributed by atoms with Crippen molar-refractivity contribution in [2.24, 2.45) is 5.73 Å². The van der Waals surface area contributed by atoms with Crippen LogP contribution in [0, 0.1) is 0 Å². The van der Waals surface area contributed by atoms with Crippen molar-refractivity contribution >= 4 is 61.9 Å². The first-order valence-electron chi connectivity index (χ1n) is 6.41. The molecule has 3 radical (unpaired) electrons. The second kappa shape index (κ2) is 18.5. The van der Waals surface area contributed by atoms with E-state index in [9.17, 15) is 4.79 Å². The van der Waals surface area contributed by atoms with E-state index >= 15 is 0 Å². The minimum atomic E-state index is -0.639. The van der Waals surface area contributed by atoms with Gasteiger partial charge in [-0.2, -0.15) is 0 Å². The molecule has 0 aromatic carbocycles. The first-order chi connectivity index (χ1) is 8.45. The Balaban J connectivity index is -0.000000448. The molecule has 0 aliphatic rings. The predicted molar refractivity (Wildman–Crippen MR) is 89.3 cm³/mol. The van der Waals surface area contributed by atoms with E-state index in [-0.39, 0.29) is 31.4 Å². The maximum atomic E-state index is 11.1. The van der Waals surface area contributed by atoms with E-state index in [4.69, 9.17) is 4.79 Å². The second-order valence-corrected chi connectivity index (χ2v) is 4.85. The summed E-state index contributed by atoms with van der Waals surface area (Å²) < 4.78 is 0. The number of amides is 2. The van der Waals surface area contributed by atoms with Crippen LogP contribution >= 0.6 is 25.3 Å². The van der Waals surface area contributed by atoms with Gasteiger partial charge in [0, 0.05) is 39.3 Å². The van der Waals surface area contributed by atoms with Crippen LogP contribution in [0.2, 0.25) is 0 Å². The number of thiol groups is 2. The van der Waals surface area contributed by atoms with Crippen LogP contribution in [0.5, 0.6) is 0 Å². The van der Waals surface area contributed by atoms with Gasteiger partial charge < -0.3 is 10.6 Å². The van der Waals surface area contributed by atoms with E-state index in [1.165, 1.54) is 25.7 Å². The van der Waals surface area contributed by atoms with Crippen LogP contribution < -0.4 is 5.73 Å². The van der Waals surface area contributed by atoms with Crippen molar-refractivity contribution in [3.8, 4) is 0 Å². The molecule has 0 rings (SSSR count). The van der Waals surface area contributed by atoms with Crippen molar-refractivity contribution in [3.05, 3.63) is 0 Å². The Kier molecular flexibility index (Phi) is 23.9. The van der Waals surface area contributed by atoms with Crippen LogP contribution in [0.4, 0.5) is 9.59 Å². The number of nitrogens with two attached hydrogens (primary N) is 1. The number of hydrogen-bond donors (Lipinski definition) is 3. The summed E-state index contributed by atoms with van der Waals surface area (Å²) in [5, 5.41) is -0.711. The number of nitrogens with zero attached hydrogens (tertiary/aromatic N) is 1. The van der Waals surface area contributed by atoms with Gasteiger partial charge in [0.05, 0.1) is 0 Å². The van der Waals surface area contributed by atoms with Crippen LogP contribution in [0.3, 0.4) is 0 Å². The van der Waals surface area contributed by atoms with Gasteiger partial charge in [-0.15, -0.1) is 0 Å². The molecule has 0 bridgehead atoms.